The highest BCUT2D eigenvalue weighted by atomic mass is 16.1. The fourth-order valence-electron chi connectivity index (χ4n) is 1.85. The van der Waals surface area contributed by atoms with Crippen LogP contribution in [0.15, 0.2) is 48.5 Å². The van der Waals surface area contributed by atoms with Gasteiger partial charge in [0.1, 0.15) is 0 Å². The maximum absolute atomic E-state index is 11.9. The molecule has 0 spiro atoms. The number of benzene rings is 2. The number of hydrogen-bond donors (Lipinski definition) is 3. The van der Waals surface area contributed by atoms with Crippen molar-refractivity contribution < 1.29 is 4.79 Å². The van der Waals surface area contributed by atoms with E-state index < -0.39 is 0 Å². The minimum atomic E-state index is -0.115. The van der Waals surface area contributed by atoms with Gasteiger partial charge < -0.3 is 16.8 Å². The smallest absolute Gasteiger partial charge is 0.251 e. The largest absolute Gasteiger partial charge is 0.399 e. The predicted octanol–water partition coefficient (Wildman–Crippen LogP) is 1.82. The van der Waals surface area contributed by atoms with Gasteiger partial charge in [0.15, 0.2) is 0 Å². The van der Waals surface area contributed by atoms with Gasteiger partial charge in [0, 0.05) is 23.5 Å². The molecule has 2 aromatic carbocycles. The topological polar surface area (TPSA) is 81.1 Å². The van der Waals surface area contributed by atoms with Crippen LogP contribution in [0.4, 0.5) is 11.4 Å². The zero-order chi connectivity index (χ0) is 13.7. The lowest BCUT2D eigenvalue weighted by Crippen LogP contribution is -2.25. The fourth-order valence-corrected chi connectivity index (χ4v) is 1.85. The van der Waals surface area contributed by atoms with Crippen LogP contribution in [0.5, 0.6) is 0 Å². The molecule has 0 saturated heterocycles. The molecule has 0 heterocycles. The van der Waals surface area contributed by atoms with Crippen molar-refractivity contribution in [1.29, 1.82) is 0 Å². The van der Waals surface area contributed by atoms with Crippen LogP contribution in [0.25, 0.3) is 0 Å². The second-order valence-electron chi connectivity index (χ2n) is 4.38. The molecule has 0 aliphatic rings. The molecule has 4 nitrogen and oxygen atoms in total. The Hall–Kier alpha value is -2.49. The summed E-state index contributed by atoms with van der Waals surface area (Å²) < 4.78 is 0. The Balaban J connectivity index is 1.87. The Bertz CT molecular complexity index is 581. The van der Waals surface area contributed by atoms with Crippen LogP contribution >= 0.6 is 0 Å². The maximum Gasteiger partial charge on any atom is 0.251 e. The van der Waals surface area contributed by atoms with Crippen LogP contribution in [-0.2, 0) is 6.42 Å². The molecular formula is C15H17N3O. The molecule has 5 N–H and O–H groups in total. The zero-order valence-corrected chi connectivity index (χ0v) is 10.6. The predicted molar refractivity (Wildman–Crippen MR) is 77.7 cm³/mol. The van der Waals surface area contributed by atoms with Gasteiger partial charge in [-0.25, -0.2) is 0 Å². The van der Waals surface area contributed by atoms with E-state index in [1.807, 2.05) is 24.3 Å². The van der Waals surface area contributed by atoms with E-state index in [1.165, 1.54) is 0 Å². The lowest BCUT2D eigenvalue weighted by molar-refractivity contribution is 0.0954. The van der Waals surface area contributed by atoms with Gasteiger partial charge in [-0.2, -0.15) is 0 Å². The SMILES string of the molecule is Nc1cccc(CCNC(=O)c2cccc(N)c2)c1. The van der Waals surface area contributed by atoms with Gasteiger partial charge in [0.2, 0.25) is 0 Å². The molecule has 0 atom stereocenters. The summed E-state index contributed by atoms with van der Waals surface area (Å²) in [6.45, 7) is 0.567. The molecule has 0 radical (unpaired) electrons. The highest BCUT2D eigenvalue weighted by Gasteiger charge is 2.04. The Morgan fingerprint density at radius 3 is 2.37 bits per heavy atom. The number of carbonyl (C=O) groups excluding carboxylic acids is 1. The molecule has 2 rings (SSSR count). The lowest BCUT2D eigenvalue weighted by atomic mass is 10.1. The summed E-state index contributed by atoms with van der Waals surface area (Å²) in [5, 5.41) is 2.86. The molecule has 0 aromatic heterocycles. The molecule has 0 saturated carbocycles. The average molecular weight is 255 g/mol. The van der Waals surface area contributed by atoms with Crippen molar-refractivity contribution in [1.82, 2.24) is 5.32 Å². The first kappa shape index (κ1) is 13.0. The van der Waals surface area contributed by atoms with Crippen molar-refractivity contribution in [2.75, 3.05) is 18.0 Å². The van der Waals surface area contributed by atoms with Crippen LogP contribution < -0.4 is 16.8 Å². The van der Waals surface area contributed by atoms with Crippen molar-refractivity contribution in [2.24, 2.45) is 0 Å². The monoisotopic (exact) mass is 255 g/mol. The summed E-state index contributed by atoms with van der Waals surface area (Å²) in [5.74, 6) is -0.115. The Morgan fingerprint density at radius 1 is 1.00 bits per heavy atom. The van der Waals surface area contributed by atoms with Crippen molar-refractivity contribution >= 4 is 17.3 Å². The van der Waals surface area contributed by atoms with Gasteiger partial charge in [0.05, 0.1) is 0 Å². The standard InChI is InChI=1S/C15H17N3O/c16-13-5-1-3-11(9-13)7-8-18-15(19)12-4-2-6-14(17)10-12/h1-6,9-10H,7-8,16-17H2,(H,18,19). The van der Waals surface area contributed by atoms with Crippen LogP contribution in [0.3, 0.4) is 0 Å². The number of rotatable bonds is 4. The van der Waals surface area contributed by atoms with Crippen molar-refractivity contribution in [2.45, 2.75) is 6.42 Å². The van der Waals surface area contributed by atoms with Crippen LogP contribution in [0.1, 0.15) is 15.9 Å². The molecular weight excluding hydrogens is 238 g/mol. The maximum atomic E-state index is 11.9. The summed E-state index contributed by atoms with van der Waals surface area (Å²) in [6.07, 6.45) is 0.749. The van der Waals surface area contributed by atoms with Gasteiger partial charge in [-0.15, -0.1) is 0 Å². The molecule has 0 aliphatic heterocycles. The second kappa shape index (κ2) is 5.91. The molecule has 0 unspecified atom stereocenters. The van der Waals surface area contributed by atoms with Gasteiger partial charge in [-0.05, 0) is 42.3 Å². The molecule has 98 valence electrons. The normalized spacial score (nSPS) is 10.1. The lowest BCUT2D eigenvalue weighted by Gasteiger charge is -2.06. The fraction of sp³-hybridized carbons (Fsp3) is 0.133. The molecule has 0 fully saturated rings. The van der Waals surface area contributed by atoms with E-state index in [4.69, 9.17) is 11.5 Å². The molecule has 0 aliphatic carbocycles. The third-order valence-corrected chi connectivity index (χ3v) is 2.80. The number of hydrogen-bond acceptors (Lipinski definition) is 3. The van der Waals surface area contributed by atoms with Gasteiger partial charge >= 0.3 is 0 Å². The van der Waals surface area contributed by atoms with Crippen molar-refractivity contribution in [3.05, 3.63) is 59.7 Å². The average Bonchev–Trinajstić information content (AvgIpc) is 2.38. The third kappa shape index (κ3) is 3.74. The number of nitrogens with one attached hydrogen (secondary N) is 1. The number of nitrogens with two attached hydrogens (primary N) is 2. The minimum absolute atomic E-state index is 0.115. The minimum Gasteiger partial charge on any atom is -0.399 e. The molecule has 4 heteroatoms. The van der Waals surface area contributed by atoms with Gasteiger partial charge in [-0.1, -0.05) is 18.2 Å². The van der Waals surface area contributed by atoms with Crippen LogP contribution in [0, 0.1) is 0 Å². The van der Waals surface area contributed by atoms with Crippen molar-refractivity contribution in [3.63, 3.8) is 0 Å². The van der Waals surface area contributed by atoms with E-state index in [-0.39, 0.29) is 5.91 Å². The van der Waals surface area contributed by atoms with Gasteiger partial charge in [0.25, 0.3) is 5.91 Å². The molecule has 0 bridgehead atoms. The Kier molecular flexibility index (Phi) is 4.03. The Labute approximate surface area is 112 Å². The quantitative estimate of drug-likeness (QED) is 0.729. The Morgan fingerprint density at radius 2 is 1.68 bits per heavy atom. The zero-order valence-electron chi connectivity index (χ0n) is 10.6. The van der Waals surface area contributed by atoms with Crippen LogP contribution in [-0.4, -0.2) is 12.5 Å². The number of nitrogen functional groups attached to an aromatic ring is 2. The molecule has 1 amide bonds. The first-order valence-corrected chi connectivity index (χ1v) is 6.13. The first-order chi connectivity index (χ1) is 9.15. The summed E-state index contributed by atoms with van der Waals surface area (Å²) >= 11 is 0. The molecule has 2 aromatic rings. The van der Waals surface area contributed by atoms with Crippen molar-refractivity contribution in [3.8, 4) is 0 Å². The summed E-state index contributed by atoms with van der Waals surface area (Å²) in [7, 11) is 0. The number of carbonyl (C=O) groups is 1. The van der Waals surface area contributed by atoms with E-state index >= 15 is 0 Å². The highest BCUT2D eigenvalue weighted by Crippen LogP contribution is 2.08. The summed E-state index contributed by atoms with van der Waals surface area (Å²) in [5.41, 5.74) is 14.3. The second-order valence-corrected chi connectivity index (χ2v) is 4.38. The first-order valence-electron chi connectivity index (χ1n) is 6.13. The third-order valence-electron chi connectivity index (χ3n) is 2.80. The van der Waals surface area contributed by atoms with Crippen LogP contribution in [0.2, 0.25) is 0 Å². The van der Waals surface area contributed by atoms with E-state index in [9.17, 15) is 4.79 Å². The van der Waals surface area contributed by atoms with E-state index in [0.29, 0.717) is 17.8 Å². The number of anilines is 2. The van der Waals surface area contributed by atoms with E-state index in [0.717, 1.165) is 17.7 Å². The van der Waals surface area contributed by atoms with Gasteiger partial charge in [-0.3, -0.25) is 4.79 Å². The van der Waals surface area contributed by atoms with E-state index in [1.54, 1.807) is 24.3 Å². The summed E-state index contributed by atoms with van der Waals surface area (Å²) in [6, 6.07) is 14.6. The number of amides is 1. The summed E-state index contributed by atoms with van der Waals surface area (Å²) in [4.78, 5) is 11.9. The van der Waals surface area contributed by atoms with E-state index in [2.05, 4.69) is 5.32 Å². The molecule has 19 heavy (non-hydrogen) atoms. The highest BCUT2D eigenvalue weighted by molar-refractivity contribution is 5.94.